The van der Waals surface area contributed by atoms with Crippen molar-refractivity contribution in [1.82, 2.24) is 0 Å². The molecule has 104 valence electrons. The molecule has 4 nitrogen and oxygen atoms in total. The molecule has 0 aliphatic rings. The molecule has 2 aromatic rings. The van der Waals surface area contributed by atoms with Crippen LogP contribution in [-0.2, 0) is 0 Å². The van der Waals surface area contributed by atoms with Crippen molar-refractivity contribution in [2.24, 2.45) is 5.73 Å². The summed E-state index contributed by atoms with van der Waals surface area (Å²) >= 11 is 2.99. The Balaban J connectivity index is 2.33. The van der Waals surface area contributed by atoms with Gasteiger partial charge in [0.05, 0.1) is 15.7 Å². The van der Waals surface area contributed by atoms with Crippen molar-refractivity contribution in [3.05, 3.63) is 52.0 Å². The third-order valence-electron chi connectivity index (χ3n) is 2.49. The number of rotatable bonds is 3. The Bertz CT molecular complexity index is 692. The van der Waals surface area contributed by atoms with Gasteiger partial charge in [0, 0.05) is 18.2 Å². The molecule has 0 spiro atoms. The van der Waals surface area contributed by atoms with Gasteiger partial charge in [0.1, 0.15) is 17.4 Å². The highest BCUT2D eigenvalue weighted by Gasteiger charge is 2.12. The molecule has 0 radical (unpaired) electrons. The quantitative estimate of drug-likeness (QED) is 0.840. The van der Waals surface area contributed by atoms with Crippen LogP contribution in [0.4, 0.5) is 14.5 Å². The van der Waals surface area contributed by atoms with Crippen molar-refractivity contribution < 1.29 is 18.3 Å². The van der Waals surface area contributed by atoms with E-state index in [1.165, 1.54) is 18.2 Å². The Morgan fingerprint density at radius 1 is 1.15 bits per heavy atom. The minimum absolute atomic E-state index is 0.0603. The van der Waals surface area contributed by atoms with E-state index in [2.05, 4.69) is 15.9 Å². The number of amides is 1. The number of halogens is 3. The predicted molar refractivity (Wildman–Crippen MR) is 73.5 cm³/mol. The summed E-state index contributed by atoms with van der Waals surface area (Å²) in [7, 11) is 0. The fraction of sp³-hybridized carbons (Fsp3) is 0. The summed E-state index contributed by atoms with van der Waals surface area (Å²) in [6.07, 6.45) is 0. The first-order valence-electron chi connectivity index (χ1n) is 5.40. The highest BCUT2D eigenvalue weighted by Crippen LogP contribution is 2.32. The van der Waals surface area contributed by atoms with Gasteiger partial charge >= 0.3 is 0 Å². The van der Waals surface area contributed by atoms with Gasteiger partial charge in [-0.05, 0) is 28.1 Å². The number of carbonyl (C=O) groups is 1. The molecule has 0 atom stereocenters. The van der Waals surface area contributed by atoms with Gasteiger partial charge in [0.15, 0.2) is 5.75 Å². The SMILES string of the molecule is NC(=O)c1ccc(Oc2cc(Br)c(F)cc2N)cc1F. The van der Waals surface area contributed by atoms with Gasteiger partial charge in [0.2, 0.25) is 0 Å². The molecule has 0 unspecified atom stereocenters. The topological polar surface area (TPSA) is 78.3 Å². The molecular weight excluding hydrogens is 334 g/mol. The van der Waals surface area contributed by atoms with Gasteiger partial charge in [-0.15, -0.1) is 0 Å². The fourth-order valence-corrected chi connectivity index (χ4v) is 1.84. The smallest absolute Gasteiger partial charge is 0.251 e. The number of nitrogens with two attached hydrogens (primary N) is 2. The first-order chi connectivity index (χ1) is 9.38. The van der Waals surface area contributed by atoms with Crippen LogP contribution in [-0.4, -0.2) is 5.91 Å². The maximum Gasteiger partial charge on any atom is 0.251 e. The number of primary amides is 1. The first-order valence-corrected chi connectivity index (χ1v) is 6.19. The maximum atomic E-state index is 13.6. The molecule has 2 rings (SSSR count). The Hall–Kier alpha value is -2.15. The van der Waals surface area contributed by atoms with Gasteiger partial charge in [0.25, 0.3) is 5.91 Å². The van der Waals surface area contributed by atoms with Crippen LogP contribution in [0.1, 0.15) is 10.4 Å². The summed E-state index contributed by atoms with van der Waals surface area (Å²) in [5.74, 6) is -1.96. The second-order valence-corrected chi connectivity index (χ2v) is 4.77. The summed E-state index contributed by atoms with van der Waals surface area (Å²) in [6.45, 7) is 0. The van der Waals surface area contributed by atoms with Crippen LogP contribution in [0.25, 0.3) is 0 Å². The minimum atomic E-state index is -0.877. The van der Waals surface area contributed by atoms with E-state index in [1.54, 1.807) is 0 Å². The highest BCUT2D eigenvalue weighted by molar-refractivity contribution is 9.10. The summed E-state index contributed by atoms with van der Waals surface area (Å²) < 4.78 is 32.3. The molecule has 0 aromatic heterocycles. The normalized spacial score (nSPS) is 10.3. The van der Waals surface area contributed by atoms with Gasteiger partial charge in [-0.1, -0.05) is 0 Å². The zero-order valence-electron chi connectivity index (χ0n) is 9.99. The second kappa shape index (κ2) is 5.46. The van der Waals surface area contributed by atoms with Gasteiger partial charge in [-0.3, -0.25) is 4.79 Å². The van der Waals surface area contributed by atoms with Crippen molar-refractivity contribution in [2.45, 2.75) is 0 Å². The van der Waals surface area contributed by atoms with Gasteiger partial charge in [-0.25, -0.2) is 8.78 Å². The average Bonchev–Trinajstić information content (AvgIpc) is 2.35. The molecule has 0 aliphatic carbocycles. The number of hydrogen-bond acceptors (Lipinski definition) is 3. The van der Waals surface area contributed by atoms with Crippen LogP contribution in [0.2, 0.25) is 0 Å². The lowest BCUT2D eigenvalue weighted by Crippen LogP contribution is -2.12. The van der Waals surface area contributed by atoms with Crippen LogP contribution in [0.5, 0.6) is 11.5 Å². The Labute approximate surface area is 121 Å². The zero-order valence-corrected chi connectivity index (χ0v) is 11.6. The molecule has 0 aliphatic heterocycles. The van der Waals surface area contributed by atoms with E-state index in [1.807, 2.05) is 0 Å². The van der Waals surface area contributed by atoms with Crippen LogP contribution in [0.15, 0.2) is 34.8 Å². The van der Waals surface area contributed by atoms with Crippen LogP contribution >= 0.6 is 15.9 Å². The molecule has 0 heterocycles. The molecule has 0 bridgehead atoms. The Morgan fingerprint density at radius 3 is 2.45 bits per heavy atom. The van der Waals surface area contributed by atoms with E-state index in [4.69, 9.17) is 16.2 Å². The lowest BCUT2D eigenvalue weighted by molar-refractivity contribution is 0.0996. The molecule has 2 aromatic carbocycles. The average molecular weight is 343 g/mol. The largest absolute Gasteiger partial charge is 0.455 e. The van der Waals surface area contributed by atoms with E-state index in [0.717, 1.165) is 12.1 Å². The van der Waals surface area contributed by atoms with Gasteiger partial charge in [-0.2, -0.15) is 0 Å². The molecule has 4 N–H and O–H groups in total. The van der Waals surface area contributed by atoms with E-state index < -0.39 is 17.5 Å². The molecule has 1 amide bonds. The second-order valence-electron chi connectivity index (χ2n) is 3.91. The van der Waals surface area contributed by atoms with Crippen molar-refractivity contribution >= 4 is 27.5 Å². The third-order valence-corrected chi connectivity index (χ3v) is 3.09. The van der Waals surface area contributed by atoms with E-state index in [0.29, 0.717) is 0 Å². The third kappa shape index (κ3) is 2.88. The lowest BCUT2D eigenvalue weighted by atomic mass is 10.2. The minimum Gasteiger partial charge on any atom is -0.455 e. The Kier molecular flexibility index (Phi) is 3.89. The predicted octanol–water partition coefficient (Wildman–Crippen LogP) is 3.20. The molecule has 0 fully saturated rings. The highest BCUT2D eigenvalue weighted by atomic mass is 79.9. The molecular formula is C13H9BrF2N2O2. The van der Waals surface area contributed by atoms with E-state index in [-0.39, 0.29) is 27.2 Å². The molecule has 0 saturated heterocycles. The van der Waals surface area contributed by atoms with Gasteiger partial charge < -0.3 is 16.2 Å². The van der Waals surface area contributed by atoms with Crippen LogP contribution < -0.4 is 16.2 Å². The number of benzene rings is 2. The Morgan fingerprint density at radius 2 is 1.85 bits per heavy atom. The summed E-state index contributed by atoms with van der Waals surface area (Å²) in [6, 6.07) is 5.95. The van der Waals surface area contributed by atoms with Crippen molar-refractivity contribution in [1.29, 1.82) is 0 Å². The van der Waals surface area contributed by atoms with Crippen molar-refractivity contribution in [3.63, 3.8) is 0 Å². The summed E-state index contributed by atoms with van der Waals surface area (Å²) in [4.78, 5) is 10.9. The monoisotopic (exact) mass is 342 g/mol. The van der Waals surface area contributed by atoms with Crippen molar-refractivity contribution in [3.8, 4) is 11.5 Å². The summed E-state index contributed by atoms with van der Waals surface area (Å²) in [5.41, 5.74) is 10.4. The number of carbonyl (C=O) groups excluding carboxylic acids is 1. The molecule has 20 heavy (non-hydrogen) atoms. The van der Waals surface area contributed by atoms with Crippen molar-refractivity contribution in [2.75, 3.05) is 5.73 Å². The number of ether oxygens (including phenoxy) is 1. The van der Waals surface area contributed by atoms with E-state index in [9.17, 15) is 13.6 Å². The summed E-state index contributed by atoms with van der Waals surface area (Å²) in [5, 5.41) is 0. The number of hydrogen-bond donors (Lipinski definition) is 2. The van der Waals surface area contributed by atoms with Crippen LogP contribution in [0.3, 0.4) is 0 Å². The standard InChI is InChI=1S/C13H9BrF2N2O2/c14-8-4-12(11(17)5-10(8)16)20-6-1-2-7(13(18)19)9(15)3-6/h1-5H,17H2,(H2,18,19). The molecule has 0 saturated carbocycles. The number of anilines is 1. The first kappa shape index (κ1) is 14.3. The zero-order chi connectivity index (χ0) is 14.9. The lowest BCUT2D eigenvalue weighted by Gasteiger charge is -2.10. The maximum absolute atomic E-state index is 13.6. The number of nitrogen functional groups attached to an aromatic ring is 1. The molecule has 7 heteroatoms. The fourth-order valence-electron chi connectivity index (χ4n) is 1.52. The van der Waals surface area contributed by atoms with Crippen LogP contribution in [0, 0.1) is 11.6 Å². The van der Waals surface area contributed by atoms with E-state index >= 15 is 0 Å².